The Hall–Kier alpha value is -3.99. The van der Waals surface area contributed by atoms with E-state index in [1.54, 1.807) is 7.05 Å². The van der Waals surface area contributed by atoms with Gasteiger partial charge in [-0.3, -0.25) is 4.72 Å². The van der Waals surface area contributed by atoms with Gasteiger partial charge in [0.25, 0.3) is 10.0 Å². The molecule has 0 aliphatic carbocycles. The lowest BCUT2D eigenvalue weighted by Gasteiger charge is -2.13. The maximum atomic E-state index is 14.1. The number of anilines is 3. The van der Waals surface area contributed by atoms with E-state index in [0.717, 1.165) is 18.2 Å². The number of nitrogens with two attached hydrogens (primary N) is 1. The number of nitrogens with one attached hydrogen (secondary N) is 2. The number of halogens is 2. The molecule has 0 fully saturated rings. The molecule has 0 aliphatic heterocycles. The quantitative estimate of drug-likeness (QED) is 0.382. The molecule has 0 saturated heterocycles. The Morgan fingerprint density at radius 3 is 2.31 bits per heavy atom. The van der Waals surface area contributed by atoms with Gasteiger partial charge in [0.15, 0.2) is 5.82 Å². The van der Waals surface area contributed by atoms with Crippen molar-refractivity contribution in [1.82, 2.24) is 14.8 Å². The van der Waals surface area contributed by atoms with Crippen LogP contribution < -0.4 is 15.8 Å². The highest BCUT2D eigenvalue weighted by atomic mass is 32.2. The lowest BCUT2D eigenvalue weighted by Crippen LogP contribution is -2.16. The summed E-state index contributed by atoms with van der Waals surface area (Å²) in [5, 5.41) is 7.34. The highest BCUT2D eigenvalue weighted by molar-refractivity contribution is 7.92. The number of hydrogen-bond donors (Lipinski definition) is 3. The van der Waals surface area contributed by atoms with Gasteiger partial charge >= 0.3 is 0 Å². The molecule has 1 aromatic heterocycles. The van der Waals surface area contributed by atoms with Gasteiger partial charge in [-0.05, 0) is 42.5 Å². The summed E-state index contributed by atoms with van der Waals surface area (Å²) in [5.74, 6) is -1.67. The molecule has 0 amide bonds. The summed E-state index contributed by atoms with van der Waals surface area (Å²) in [5.41, 5.74) is 5.96. The van der Waals surface area contributed by atoms with Gasteiger partial charge in [-0.2, -0.15) is 9.67 Å². The largest absolute Gasteiger partial charge is 0.399 e. The molecule has 11 heteroatoms. The molecule has 4 rings (SSSR count). The molecule has 3 aromatic carbocycles. The minimum Gasteiger partial charge on any atom is -0.399 e. The van der Waals surface area contributed by atoms with Crippen LogP contribution in [0.2, 0.25) is 0 Å². The van der Waals surface area contributed by atoms with Crippen LogP contribution in [-0.4, -0.2) is 30.2 Å². The maximum Gasteiger partial charge on any atom is 0.262 e. The van der Waals surface area contributed by atoms with Crippen LogP contribution >= 0.6 is 0 Å². The lowest BCUT2D eigenvalue weighted by molar-refractivity contribution is 0.583. The van der Waals surface area contributed by atoms with Gasteiger partial charge < -0.3 is 11.1 Å². The zero-order chi connectivity index (χ0) is 22.9. The molecule has 0 saturated carbocycles. The van der Waals surface area contributed by atoms with Gasteiger partial charge in [0.1, 0.15) is 22.2 Å². The molecule has 32 heavy (non-hydrogen) atoms. The first-order chi connectivity index (χ1) is 15.3. The topological polar surface area (TPSA) is 115 Å². The monoisotopic (exact) mass is 456 g/mol. The van der Waals surface area contributed by atoms with Crippen molar-refractivity contribution >= 4 is 27.3 Å². The molecule has 0 spiro atoms. The van der Waals surface area contributed by atoms with Crippen LogP contribution in [0, 0.1) is 11.6 Å². The zero-order valence-corrected chi connectivity index (χ0v) is 17.6. The average Bonchev–Trinajstić information content (AvgIpc) is 3.21. The lowest BCUT2D eigenvalue weighted by atomic mass is 10.2. The fourth-order valence-electron chi connectivity index (χ4n) is 3.07. The van der Waals surface area contributed by atoms with Crippen molar-refractivity contribution < 1.29 is 17.2 Å². The van der Waals surface area contributed by atoms with Crippen molar-refractivity contribution in [1.29, 1.82) is 0 Å². The average molecular weight is 456 g/mol. The van der Waals surface area contributed by atoms with E-state index < -0.39 is 27.3 Å². The molecule has 164 valence electrons. The third-order valence-electron chi connectivity index (χ3n) is 4.57. The van der Waals surface area contributed by atoms with Gasteiger partial charge in [-0.15, -0.1) is 5.10 Å². The molecular weight excluding hydrogens is 438 g/mol. The number of aromatic nitrogens is 3. The van der Waals surface area contributed by atoms with E-state index in [-0.39, 0.29) is 22.0 Å². The molecule has 4 N–H and O–H groups in total. The minimum atomic E-state index is -4.45. The van der Waals surface area contributed by atoms with E-state index in [4.69, 9.17) is 5.73 Å². The number of hydrogen-bond acceptors (Lipinski definition) is 6. The third kappa shape index (κ3) is 3.97. The van der Waals surface area contributed by atoms with Crippen LogP contribution in [0.3, 0.4) is 0 Å². The Morgan fingerprint density at radius 1 is 0.969 bits per heavy atom. The second kappa shape index (κ2) is 8.27. The SMILES string of the molecule is CNc1nc(-c2ccc(N)cc2S(=O)(=O)Nc2c(F)cccc2F)nn1-c1ccccc1. The normalized spacial score (nSPS) is 11.3. The van der Waals surface area contributed by atoms with Crippen molar-refractivity contribution in [3.05, 3.63) is 78.4 Å². The second-order valence-electron chi connectivity index (χ2n) is 6.71. The number of nitrogens with zero attached hydrogens (tertiary/aromatic N) is 3. The molecule has 8 nitrogen and oxygen atoms in total. The predicted molar refractivity (Wildman–Crippen MR) is 118 cm³/mol. The number of para-hydroxylation sites is 2. The van der Waals surface area contributed by atoms with E-state index in [1.165, 1.54) is 22.9 Å². The molecule has 0 radical (unpaired) electrons. The van der Waals surface area contributed by atoms with Crippen molar-refractivity contribution in [3.63, 3.8) is 0 Å². The van der Waals surface area contributed by atoms with Crippen LogP contribution in [0.15, 0.2) is 71.6 Å². The molecule has 0 aliphatic rings. The highest BCUT2D eigenvalue weighted by Crippen LogP contribution is 2.31. The van der Waals surface area contributed by atoms with Crippen LogP contribution in [0.5, 0.6) is 0 Å². The Morgan fingerprint density at radius 2 is 1.66 bits per heavy atom. The van der Waals surface area contributed by atoms with Gasteiger partial charge in [-0.25, -0.2) is 17.2 Å². The Bertz CT molecular complexity index is 1370. The summed E-state index contributed by atoms with van der Waals surface area (Å²) in [6, 6.07) is 16.2. The summed E-state index contributed by atoms with van der Waals surface area (Å²) in [7, 11) is -2.81. The second-order valence-corrected chi connectivity index (χ2v) is 8.36. The first-order valence-corrected chi connectivity index (χ1v) is 10.9. The molecule has 0 bridgehead atoms. The van der Waals surface area contributed by atoms with Gasteiger partial charge in [0.05, 0.1) is 5.69 Å². The summed E-state index contributed by atoms with van der Waals surface area (Å²) >= 11 is 0. The highest BCUT2D eigenvalue weighted by Gasteiger charge is 2.25. The number of nitrogen functional groups attached to an aromatic ring is 1. The molecular formula is C21H18F2N6O2S. The summed E-state index contributed by atoms with van der Waals surface area (Å²) < 4.78 is 57.8. The molecule has 1 heterocycles. The number of rotatable bonds is 6. The molecule has 4 aromatic rings. The van der Waals surface area contributed by atoms with Crippen molar-refractivity contribution in [3.8, 4) is 17.1 Å². The van der Waals surface area contributed by atoms with Crippen LogP contribution in [0.1, 0.15) is 0 Å². The summed E-state index contributed by atoms with van der Waals surface area (Å²) in [4.78, 5) is 4.05. The Balaban J connectivity index is 1.84. The molecule has 0 unspecified atom stereocenters. The zero-order valence-electron chi connectivity index (χ0n) is 16.8. The smallest absolute Gasteiger partial charge is 0.262 e. The fraction of sp³-hybridized carbons (Fsp3) is 0.0476. The van der Waals surface area contributed by atoms with Gasteiger partial charge in [0, 0.05) is 18.3 Å². The standard InChI is InChI=1S/C21H18F2N6O2S/c1-25-21-26-20(27-29(21)14-6-3-2-4-7-14)15-11-10-13(24)12-18(15)32(30,31)28-19-16(22)8-5-9-17(19)23/h2-12,28H,24H2,1H3,(H,25,26,27). The van der Waals surface area contributed by atoms with E-state index in [1.807, 2.05) is 35.1 Å². The maximum absolute atomic E-state index is 14.1. The fourth-order valence-corrected chi connectivity index (χ4v) is 4.38. The van der Waals surface area contributed by atoms with Crippen LogP contribution in [0.25, 0.3) is 17.1 Å². The Kier molecular flexibility index (Phi) is 5.49. The minimum absolute atomic E-state index is 0.0765. The van der Waals surface area contributed by atoms with Crippen molar-refractivity contribution in [2.24, 2.45) is 0 Å². The number of sulfonamides is 1. The van der Waals surface area contributed by atoms with E-state index in [2.05, 4.69) is 15.4 Å². The first kappa shape index (κ1) is 21.2. The van der Waals surface area contributed by atoms with Gasteiger partial charge in [0.2, 0.25) is 5.95 Å². The summed E-state index contributed by atoms with van der Waals surface area (Å²) in [6.45, 7) is 0. The third-order valence-corrected chi connectivity index (χ3v) is 5.96. The van der Waals surface area contributed by atoms with Gasteiger partial charge in [-0.1, -0.05) is 24.3 Å². The van der Waals surface area contributed by atoms with E-state index >= 15 is 0 Å². The predicted octanol–water partition coefficient (Wildman–Crippen LogP) is 3.64. The molecule has 0 atom stereocenters. The van der Waals surface area contributed by atoms with Crippen LogP contribution in [0.4, 0.5) is 26.1 Å². The number of benzene rings is 3. The van der Waals surface area contributed by atoms with Crippen molar-refractivity contribution in [2.75, 3.05) is 22.8 Å². The van der Waals surface area contributed by atoms with Crippen molar-refractivity contribution in [2.45, 2.75) is 4.90 Å². The summed E-state index contributed by atoms with van der Waals surface area (Å²) in [6.07, 6.45) is 0. The Labute approximate surface area is 182 Å². The van der Waals surface area contributed by atoms with E-state index in [9.17, 15) is 17.2 Å². The first-order valence-electron chi connectivity index (χ1n) is 9.37. The van der Waals surface area contributed by atoms with E-state index in [0.29, 0.717) is 11.6 Å². The van der Waals surface area contributed by atoms with Crippen LogP contribution in [-0.2, 0) is 10.0 Å².